The molecule has 0 aliphatic carbocycles. The number of thioether (sulfide) groups is 1. The third-order valence-electron chi connectivity index (χ3n) is 2.43. The van der Waals surface area contributed by atoms with Gasteiger partial charge in [0.15, 0.2) is 0 Å². The summed E-state index contributed by atoms with van der Waals surface area (Å²) in [4.78, 5) is 12.6. The molecule has 2 rings (SSSR count). The van der Waals surface area contributed by atoms with Crippen LogP contribution in [-0.4, -0.2) is 5.91 Å². The van der Waals surface area contributed by atoms with Crippen LogP contribution in [0.4, 0.5) is 0 Å². The second-order valence-electron chi connectivity index (χ2n) is 3.76. The summed E-state index contributed by atoms with van der Waals surface area (Å²) in [6.45, 7) is 0. The van der Waals surface area contributed by atoms with E-state index in [0.717, 1.165) is 14.9 Å². The fraction of sp³-hybridized carbons (Fsp3) is 0.0714. The SMILES string of the molecule is NC(=O)C(Sc1ccc(Br)cc1)c1ccccc1. The molecule has 1 unspecified atom stereocenters. The molecule has 0 bridgehead atoms. The number of benzene rings is 2. The number of carbonyl (C=O) groups excluding carboxylic acids is 1. The van der Waals surface area contributed by atoms with Crippen LogP contribution in [0.5, 0.6) is 0 Å². The fourth-order valence-corrected chi connectivity index (χ4v) is 2.81. The number of carbonyl (C=O) groups is 1. The molecule has 0 aromatic heterocycles. The highest BCUT2D eigenvalue weighted by molar-refractivity contribution is 9.10. The van der Waals surface area contributed by atoms with Gasteiger partial charge in [0.2, 0.25) is 5.91 Å². The van der Waals surface area contributed by atoms with E-state index in [0.29, 0.717) is 0 Å². The molecule has 2 aromatic rings. The van der Waals surface area contributed by atoms with E-state index >= 15 is 0 Å². The summed E-state index contributed by atoms with van der Waals surface area (Å²) in [5.74, 6) is -0.325. The van der Waals surface area contributed by atoms with Crippen LogP contribution in [0, 0.1) is 0 Å². The van der Waals surface area contributed by atoms with Crippen LogP contribution in [0.25, 0.3) is 0 Å². The third kappa shape index (κ3) is 3.37. The molecule has 0 radical (unpaired) electrons. The first kappa shape index (κ1) is 13.2. The summed E-state index contributed by atoms with van der Waals surface area (Å²) in [5.41, 5.74) is 6.41. The Balaban J connectivity index is 2.22. The molecule has 18 heavy (non-hydrogen) atoms. The average Bonchev–Trinajstić information content (AvgIpc) is 2.38. The number of nitrogens with two attached hydrogens (primary N) is 1. The Kier molecular flexibility index (Phi) is 4.44. The second kappa shape index (κ2) is 6.07. The van der Waals surface area contributed by atoms with Gasteiger partial charge in [-0.25, -0.2) is 0 Å². The van der Waals surface area contributed by atoms with E-state index in [9.17, 15) is 4.79 Å². The van der Waals surface area contributed by atoms with Gasteiger partial charge in [-0.05, 0) is 29.8 Å². The Bertz CT molecular complexity index is 527. The van der Waals surface area contributed by atoms with Crippen LogP contribution in [0.1, 0.15) is 10.8 Å². The Labute approximate surface area is 119 Å². The molecule has 1 atom stereocenters. The van der Waals surface area contributed by atoms with Gasteiger partial charge in [0.1, 0.15) is 5.25 Å². The number of hydrogen-bond donors (Lipinski definition) is 1. The lowest BCUT2D eigenvalue weighted by molar-refractivity contribution is -0.117. The van der Waals surface area contributed by atoms with Crippen molar-refractivity contribution in [2.45, 2.75) is 10.1 Å². The van der Waals surface area contributed by atoms with Crippen molar-refractivity contribution in [1.29, 1.82) is 0 Å². The summed E-state index contributed by atoms with van der Waals surface area (Å²) in [5, 5.41) is -0.354. The molecule has 0 aliphatic rings. The normalized spacial score (nSPS) is 12.1. The van der Waals surface area contributed by atoms with Gasteiger partial charge in [0.05, 0.1) is 0 Å². The zero-order chi connectivity index (χ0) is 13.0. The Morgan fingerprint density at radius 3 is 2.22 bits per heavy atom. The first-order chi connectivity index (χ1) is 8.66. The quantitative estimate of drug-likeness (QED) is 0.871. The van der Waals surface area contributed by atoms with Crippen LogP contribution in [0.2, 0.25) is 0 Å². The molecule has 0 heterocycles. The van der Waals surface area contributed by atoms with Crippen LogP contribution in [-0.2, 0) is 4.79 Å². The van der Waals surface area contributed by atoms with Crippen molar-refractivity contribution in [3.63, 3.8) is 0 Å². The van der Waals surface area contributed by atoms with Crippen molar-refractivity contribution in [2.24, 2.45) is 5.73 Å². The smallest absolute Gasteiger partial charge is 0.235 e. The molecule has 1 amide bonds. The predicted octanol–water partition coefficient (Wildman–Crippen LogP) is 3.77. The van der Waals surface area contributed by atoms with Crippen LogP contribution >= 0.6 is 27.7 Å². The summed E-state index contributed by atoms with van der Waals surface area (Å²) >= 11 is 4.85. The van der Waals surface area contributed by atoms with Crippen molar-refractivity contribution in [3.05, 3.63) is 64.6 Å². The van der Waals surface area contributed by atoms with Crippen molar-refractivity contribution in [3.8, 4) is 0 Å². The first-order valence-corrected chi connectivity index (χ1v) is 7.10. The minimum absolute atomic E-state index is 0.325. The van der Waals surface area contributed by atoms with E-state index in [-0.39, 0.29) is 11.2 Å². The number of primary amides is 1. The van der Waals surface area contributed by atoms with E-state index in [1.54, 1.807) is 0 Å². The van der Waals surface area contributed by atoms with Crippen molar-refractivity contribution in [1.82, 2.24) is 0 Å². The molecule has 0 saturated heterocycles. The van der Waals surface area contributed by atoms with Crippen molar-refractivity contribution >= 4 is 33.6 Å². The molecule has 2 aromatic carbocycles. The maximum Gasteiger partial charge on any atom is 0.235 e. The van der Waals surface area contributed by atoms with Gasteiger partial charge in [0.25, 0.3) is 0 Å². The van der Waals surface area contributed by atoms with E-state index in [2.05, 4.69) is 15.9 Å². The zero-order valence-corrected chi connectivity index (χ0v) is 11.9. The maximum absolute atomic E-state index is 11.6. The number of amides is 1. The van der Waals surface area contributed by atoms with Gasteiger partial charge in [-0.1, -0.05) is 46.3 Å². The lowest BCUT2D eigenvalue weighted by Gasteiger charge is -2.13. The molecule has 0 spiro atoms. The zero-order valence-electron chi connectivity index (χ0n) is 9.55. The van der Waals surface area contributed by atoms with Gasteiger partial charge in [0, 0.05) is 9.37 Å². The standard InChI is InChI=1S/C14H12BrNOS/c15-11-6-8-12(9-7-11)18-13(14(16)17)10-4-2-1-3-5-10/h1-9,13H,(H2,16,17). The molecule has 2 N–H and O–H groups in total. The maximum atomic E-state index is 11.6. The lowest BCUT2D eigenvalue weighted by atomic mass is 10.1. The van der Waals surface area contributed by atoms with E-state index < -0.39 is 0 Å². The minimum Gasteiger partial charge on any atom is -0.368 e. The molecule has 0 saturated carbocycles. The van der Waals surface area contributed by atoms with Gasteiger partial charge >= 0.3 is 0 Å². The number of hydrogen-bond acceptors (Lipinski definition) is 2. The average molecular weight is 322 g/mol. The van der Waals surface area contributed by atoms with Gasteiger partial charge < -0.3 is 5.73 Å². The van der Waals surface area contributed by atoms with E-state index in [4.69, 9.17) is 5.73 Å². The second-order valence-corrected chi connectivity index (χ2v) is 5.86. The highest BCUT2D eigenvalue weighted by Crippen LogP contribution is 2.35. The predicted molar refractivity (Wildman–Crippen MR) is 78.4 cm³/mol. The summed E-state index contributed by atoms with van der Waals surface area (Å²) in [6, 6.07) is 17.4. The van der Waals surface area contributed by atoms with E-state index in [1.807, 2.05) is 54.6 Å². The van der Waals surface area contributed by atoms with Crippen molar-refractivity contribution in [2.75, 3.05) is 0 Å². The topological polar surface area (TPSA) is 43.1 Å². The molecular formula is C14H12BrNOS. The Morgan fingerprint density at radius 1 is 1.06 bits per heavy atom. The summed E-state index contributed by atoms with van der Waals surface area (Å²) in [7, 11) is 0. The highest BCUT2D eigenvalue weighted by atomic mass is 79.9. The highest BCUT2D eigenvalue weighted by Gasteiger charge is 2.18. The van der Waals surface area contributed by atoms with Crippen LogP contribution < -0.4 is 5.73 Å². The summed E-state index contributed by atoms with van der Waals surface area (Å²) in [6.07, 6.45) is 0. The molecule has 4 heteroatoms. The largest absolute Gasteiger partial charge is 0.368 e. The summed E-state index contributed by atoms with van der Waals surface area (Å²) < 4.78 is 1.02. The molecular weight excluding hydrogens is 310 g/mol. The third-order valence-corrected chi connectivity index (χ3v) is 4.24. The molecule has 0 fully saturated rings. The monoisotopic (exact) mass is 321 g/mol. The van der Waals surface area contributed by atoms with E-state index in [1.165, 1.54) is 11.8 Å². The van der Waals surface area contributed by atoms with Gasteiger partial charge in [-0.2, -0.15) is 0 Å². The Hall–Kier alpha value is -1.26. The molecule has 2 nitrogen and oxygen atoms in total. The molecule has 0 aliphatic heterocycles. The van der Waals surface area contributed by atoms with Gasteiger partial charge in [-0.15, -0.1) is 11.8 Å². The first-order valence-electron chi connectivity index (χ1n) is 5.43. The van der Waals surface area contributed by atoms with Crippen LogP contribution in [0.3, 0.4) is 0 Å². The molecule has 92 valence electrons. The number of halogens is 1. The Morgan fingerprint density at radius 2 is 1.67 bits per heavy atom. The van der Waals surface area contributed by atoms with Crippen LogP contribution in [0.15, 0.2) is 64.0 Å². The van der Waals surface area contributed by atoms with Gasteiger partial charge in [-0.3, -0.25) is 4.79 Å². The number of rotatable bonds is 4. The fourth-order valence-electron chi connectivity index (χ4n) is 1.57. The lowest BCUT2D eigenvalue weighted by Crippen LogP contribution is -2.18. The minimum atomic E-state index is -0.354. The van der Waals surface area contributed by atoms with Crippen molar-refractivity contribution < 1.29 is 4.79 Å².